The normalized spacial score (nSPS) is 14.5. The molecule has 0 unspecified atom stereocenters. The fourth-order valence-corrected chi connectivity index (χ4v) is 9.02. The minimum absolute atomic E-state index is 0.836. The smallest absolute Gasteiger partial charge is 0.295 e. The summed E-state index contributed by atoms with van der Waals surface area (Å²) < 4.78 is 13.3. The number of para-hydroxylation sites is 6. The summed E-state index contributed by atoms with van der Waals surface area (Å²) in [5.74, 6) is -1.08. The van der Waals surface area contributed by atoms with Crippen molar-refractivity contribution in [2.24, 2.45) is 0 Å². The zero-order chi connectivity index (χ0) is 36.1. The van der Waals surface area contributed by atoms with Crippen molar-refractivity contribution in [3.05, 3.63) is 194 Å². The van der Waals surface area contributed by atoms with Crippen LogP contribution in [0.5, 0.6) is 0 Å². The molecule has 0 amide bonds. The van der Waals surface area contributed by atoms with E-state index in [0.717, 1.165) is 89.4 Å². The van der Waals surface area contributed by atoms with Crippen LogP contribution in [0.25, 0.3) is 43.9 Å². The van der Waals surface area contributed by atoms with E-state index < -0.39 is 5.91 Å². The molecule has 2 aliphatic rings. The molecule has 1 spiro atoms. The predicted octanol–water partition coefficient (Wildman–Crippen LogP) is 13.4. The summed E-state index contributed by atoms with van der Waals surface area (Å²) in [6.07, 6.45) is 0. The molecule has 260 valence electrons. The third-order valence-corrected chi connectivity index (χ3v) is 11.2. The first-order valence-corrected chi connectivity index (χ1v) is 18.6. The maximum atomic E-state index is 6.64. The molecule has 0 aliphatic carbocycles. The highest BCUT2D eigenvalue weighted by atomic mass is 16.3. The van der Waals surface area contributed by atoms with Crippen LogP contribution >= 0.6 is 0 Å². The molecule has 0 saturated heterocycles. The van der Waals surface area contributed by atoms with Crippen LogP contribution in [0.3, 0.4) is 0 Å². The number of hydrogen-bond acceptors (Lipinski definition) is 6. The average Bonchev–Trinajstić information content (AvgIpc) is 3.96. The van der Waals surface area contributed by atoms with Crippen LogP contribution in [0, 0.1) is 0 Å². The Balaban J connectivity index is 1.28. The molecule has 2 aromatic heterocycles. The molecule has 12 rings (SSSR count). The second-order valence-electron chi connectivity index (χ2n) is 14.2. The fraction of sp³-hybridized carbons (Fsp3) is 0.0204. The van der Waals surface area contributed by atoms with Gasteiger partial charge in [-0.25, -0.2) is 0 Å². The van der Waals surface area contributed by atoms with E-state index in [-0.39, 0.29) is 0 Å². The van der Waals surface area contributed by atoms with Crippen LogP contribution < -0.4 is 19.6 Å². The molecule has 8 aromatic carbocycles. The quantitative estimate of drug-likeness (QED) is 0.181. The molecule has 6 nitrogen and oxygen atoms in total. The summed E-state index contributed by atoms with van der Waals surface area (Å²) in [6, 6.07) is 68.7. The molecular formula is C49H32N4O2. The van der Waals surface area contributed by atoms with E-state index in [1.165, 1.54) is 0 Å². The van der Waals surface area contributed by atoms with Gasteiger partial charge in [0.25, 0.3) is 5.91 Å². The van der Waals surface area contributed by atoms with E-state index >= 15 is 0 Å². The van der Waals surface area contributed by atoms with Crippen molar-refractivity contribution in [1.29, 1.82) is 0 Å². The minimum atomic E-state index is -1.08. The van der Waals surface area contributed by atoms with Gasteiger partial charge in [-0.2, -0.15) is 0 Å². The van der Waals surface area contributed by atoms with E-state index in [0.29, 0.717) is 0 Å². The lowest BCUT2D eigenvalue weighted by Gasteiger charge is -2.53. The lowest BCUT2D eigenvalue weighted by molar-refractivity contribution is 0.479. The molecular weight excluding hydrogens is 677 g/mol. The first kappa shape index (κ1) is 30.1. The van der Waals surface area contributed by atoms with E-state index in [4.69, 9.17) is 8.83 Å². The molecule has 4 heterocycles. The van der Waals surface area contributed by atoms with Crippen LogP contribution in [0.15, 0.2) is 203 Å². The fourth-order valence-electron chi connectivity index (χ4n) is 9.02. The minimum Gasteiger partial charge on any atom is -0.456 e. The van der Waals surface area contributed by atoms with E-state index in [1.807, 2.05) is 24.3 Å². The molecule has 55 heavy (non-hydrogen) atoms. The van der Waals surface area contributed by atoms with Gasteiger partial charge in [0.05, 0.1) is 22.7 Å². The Hall–Kier alpha value is -7.44. The first-order valence-electron chi connectivity index (χ1n) is 18.6. The van der Waals surface area contributed by atoms with Gasteiger partial charge in [-0.3, -0.25) is 19.6 Å². The number of benzene rings is 8. The monoisotopic (exact) mass is 708 g/mol. The zero-order valence-electron chi connectivity index (χ0n) is 29.6. The summed E-state index contributed by atoms with van der Waals surface area (Å²) in [7, 11) is 0. The largest absolute Gasteiger partial charge is 0.456 e. The Kier molecular flexibility index (Phi) is 6.17. The van der Waals surface area contributed by atoms with Crippen molar-refractivity contribution in [2.45, 2.75) is 5.91 Å². The highest BCUT2D eigenvalue weighted by molar-refractivity contribution is 6.14. The van der Waals surface area contributed by atoms with Crippen LogP contribution in [-0.2, 0) is 0 Å². The summed E-state index contributed by atoms with van der Waals surface area (Å²) in [4.78, 5) is 10.00. The third kappa shape index (κ3) is 4.08. The molecule has 0 bridgehead atoms. The maximum absolute atomic E-state index is 6.64. The van der Waals surface area contributed by atoms with Gasteiger partial charge in [-0.15, -0.1) is 0 Å². The zero-order valence-corrected chi connectivity index (χ0v) is 29.6. The number of furan rings is 2. The molecule has 0 N–H and O–H groups in total. The van der Waals surface area contributed by atoms with Crippen LogP contribution in [0.2, 0.25) is 0 Å². The molecule has 0 saturated carbocycles. The topological polar surface area (TPSA) is 39.2 Å². The average molecular weight is 709 g/mol. The number of hydrogen-bond donors (Lipinski definition) is 0. The highest BCUT2D eigenvalue weighted by Crippen LogP contribution is 2.65. The second-order valence-corrected chi connectivity index (χ2v) is 14.2. The van der Waals surface area contributed by atoms with Gasteiger partial charge in [0.1, 0.15) is 22.3 Å². The van der Waals surface area contributed by atoms with E-state index in [9.17, 15) is 0 Å². The van der Waals surface area contributed by atoms with Crippen molar-refractivity contribution in [3.63, 3.8) is 0 Å². The van der Waals surface area contributed by atoms with Crippen molar-refractivity contribution >= 4 is 89.4 Å². The first-order chi connectivity index (χ1) is 27.3. The standard InChI is InChI=1S/C49H32N4O2/c1-5-17-33(18-6-1)50-41-29-39-37-25-13-15-27-45(37)54-47(39)31-43(41)52(35-21-9-3-10-22-35)49(50)51(34-19-7-2-8-20-34)42-30-40-38-26-14-16-28-46(38)55-48(40)32-44(42)53(49)36-23-11-4-12-24-36/h1-32H. The van der Waals surface area contributed by atoms with Crippen molar-refractivity contribution in [2.75, 3.05) is 19.6 Å². The summed E-state index contributed by atoms with van der Waals surface area (Å²) in [6.45, 7) is 0. The Morgan fingerprint density at radius 3 is 0.909 bits per heavy atom. The SMILES string of the molecule is c1ccc(N2c3cc4oc5ccccc5c4cc3N(c3ccccc3)C23N(c2ccccc2)c2cc4oc5ccccc5c4cc2N3c2ccccc2)cc1. The van der Waals surface area contributed by atoms with Gasteiger partial charge in [-0.1, -0.05) is 109 Å². The Bertz CT molecular complexity index is 2860. The second kappa shape index (κ2) is 11.3. The van der Waals surface area contributed by atoms with Gasteiger partial charge in [0, 0.05) is 56.4 Å². The highest BCUT2D eigenvalue weighted by Gasteiger charge is 2.65. The summed E-state index contributed by atoms with van der Waals surface area (Å²) in [5.41, 5.74) is 11.7. The summed E-state index contributed by atoms with van der Waals surface area (Å²) in [5, 5.41) is 4.30. The Morgan fingerprint density at radius 1 is 0.273 bits per heavy atom. The molecule has 10 aromatic rings. The number of anilines is 8. The summed E-state index contributed by atoms with van der Waals surface area (Å²) >= 11 is 0. The molecule has 0 radical (unpaired) electrons. The van der Waals surface area contributed by atoms with E-state index in [2.05, 4.69) is 189 Å². The number of nitrogens with zero attached hydrogens (tertiary/aromatic N) is 4. The van der Waals surface area contributed by atoms with Crippen molar-refractivity contribution in [3.8, 4) is 0 Å². The van der Waals surface area contributed by atoms with Gasteiger partial charge < -0.3 is 8.83 Å². The lowest BCUT2D eigenvalue weighted by atomic mass is 10.1. The van der Waals surface area contributed by atoms with Crippen LogP contribution in [0.4, 0.5) is 45.5 Å². The lowest BCUT2D eigenvalue weighted by Crippen LogP contribution is -2.70. The maximum Gasteiger partial charge on any atom is 0.295 e. The predicted molar refractivity (Wildman–Crippen MR) is 224 cm³/mol. The van der Waals surface area contributed by atoms with Gasteiger partial charge >= 0.3 is 0 Å². The van der Waals surface area contributed by atoms with Crippen molar-refractivity contribution < 1.29 is 8.83 Å². The van der Waals surface area contributed by atoms with Gasteiger partial charge in [0.2, 0.25) is 0 Å². The van der Waals surface area contributed by atoms with Gasteiger partial charge in [0.15, 0.2) is 0 Å². The van der Waals surface area contributed by atoms with E-state index in [1.54, 1.807) is 0 Å². The van der Waals surface area contributed by atoms with Crippen LogP contribution in [0.1, 0.15) is 0 Å². The van der Waals surface area contributed by atoms with Gasteiger partial charge in [-0.05, 0) is 72.8 Å². The molecule has 0 fully saturated rings. The molecule has 0 atom stereocenters. The Labute approximate surface area is 316 Å². The van der Waals surface area contributed by atoms with Crippen LogP contribution in [-0.4, -0.2) is 5.91 Å². The van der Waals surface area contributed by atoms with Crippen molar-refractivity contribution in [1.82, 2.24) is 0 Å². The number of fused-ring (bicyclic) bond motifs is 8. The molecule has 6 heteroatoms. The third-order valence-electron chi connectivity index (χ3n) is 11.2. The Morgan fingerprint density at radius 2 is 0.564 bits per heavy atom. The number of rotatable bonds is 4. The molecule has 2 aliphatic heterocycles.